The fourth-order valence-electron chi connectivity index (χ4n) is 3.39. The third kappa shape index (κ3) is 2.81. The summed E-state index contributed by atoms with van der Waals surface area (Å²) in [7, 11) is 0. The van der Waals surface area contributed by atoms with E-state index >= 15 is 0 Å². The maximum atomic E-state index is 12.5. The first-order chi connectivity index (χ1) is 12.1. The van der Waals surface area contributed by atoms with E-state index in [2.05, 4.69) is 10.4 Å². The Morgan fingerprint density at radius 1 is 1.20 bits per heavy atom. The van der Waals surface area contributed by atoms with Gasteiger partial charge in [0.2, 0.25) is 11.3 Å². The van der Waals surface area contributed by atoms with Gasteiger partial charge in [-0.3, -0.25) is 14.3 Å². The predicted octanol–water partition coefficient (Wildman–Crippen LogP) is 1.17. The van der Waals surface area contributed by atoms with E-state index in [1.54, 1.807) is 24.3 Å². The van der Waals surface area contributed by atoms with Crippen molar-refractivity contribution in [3.8, 4) is 0 Å². The minimum atomic E-state index is -0.639. The lowest BCUT2D eigenvalue weighted by molar-refractivity contribution is -0.123. The molecule has 0 saturated heterocycles. The van der Waals surface area contributed by atoms with E-state index < -0.39 is 12.1 Å². The number of hydrogen-bond acceptors (Lipinski definition) is 4. The second-order valence-corrected chi connectivity index (χ2v) is 6.20. The predicted molar refractivity (Wildman–Crippen MR) is 93.0 cm³/mol. The summed E-state index contributed by atoms with van der Waals surface area (Å²) in [5.41, 5.74) is 2.43. The maximum Gasteiger partial charge on any atom is 0.242 e. The molecule has 1 aliphatic carbocycles. The molecule has 3 aromatic rings. The number of benzene rings is 2. The summed E-state index contributed by atoms with van der Waals surface area (Å²) in [4.78, 5) is 24.4. The molecule has 2 N–H and O–H groups in total. The van der Waals surface area contributed by atoms with Crippen LogP contribution in [0.5, 0.6) is 0 Å². The Morgan fingerprint density at radius 3 is 2.84 bits per heavy atom. The summed E-state index contributed by atoms with van der Waals surface area (Å²) in [5.74, 6) is -0.262. The van der Waals surface area contributed by atoms with Gasteiger partial charge in [0.15, 0.2) is 0 Å². The van der Waals surface area contributed by atoms with E-state index in [9.17, 15) is 14.7 Å². The highest BCUT2D eigenvalue weighted by atomic mass is 16.3. The molecule has 0 bridgehead atoms. The van der Waals surface area contributed by atoms with Crippen molar-refractivity contribution in [2.24, 2.45) is 0 Å². The van der Waals surface area contributed by atoms with Gasteiger partial charge in [-0.1, -0.05) is 36.4 Å². The Labute approximate surface area is 143 Å². The molecule has 25 heavy (non-hydrogen) atoms. The van der Waals surface area contributed by atoms with Gasteiger partial charge >= 0.3 is 0 Å². The van der Waals surface area contributed by atoms with Crippen LogP contribution in [0.1, 0.15) is 17.2 Å². The van der Waals surface area contributed by atoms with E-state index in [4.69, 9.17) is 0 Å². The summed E-state index contributed by atoms with van der Waals surface area (Å²) >= 11 is 0. The molecule has 6 nitrogen and oxygen atoms in total. The van der Waals surface area contributed by atoms with Crippen LogP contribution in [0.4, 0.5) is 0 Å². The van der Waals surface area contributed by atoms with Crippen LogP contribution < -0.4 is 10.7 Å². The monoisotopic (exact) mass is 335 g/mol. The molecule has 2 unspecified atom stereocenters. The number of nitrogens with one attached hydrogen (secondary N) is 1. The van der Waals surface area contributed by atoms with Crippen molar-refractivity contribution in [3.63, 3.8) is 0 Å². The van der Waals surface area contributed by atoms with Gasteiger partial charge < -0.3 is 10.4 Å². The van der Waals surface area contributed by atoms with E-state index in [0.717, 1.165) is 11.1 Å². The van der Waals surface area contributed by atoms with Crippen LogP contribution in [0.25, 0.3) is 10.9 Å². The fraction of sp³-hybridized carbons (Fsp3) is 0.211. The van der Waals surface area contributed by atoms with Crippen LogP contribution in [0.15, 0.2) is 59.5 Å². The lowest BCUT2D eigenvalue weighted by Crippen LogP contribution is -2.36. The number of rotatable bonds is 3. The number of para-hydroxylation sites is 1. The maximum absolute atomic E-state index is 12.5. The minimum Gasteiger partial charge on any atom is -0.390 e. The van der Waals surface area contributed by atoms with Crippen LogP contribution in [0.3, 0.4) is 0 Å². The van der Waals surface area contributed by atoms with Crippen LogP contribution >= 0.6 is 0 Å². The summed E-state index contributed by atoms with van der Waals surface area (Å²) in [5, 5.41) is 17.7. The molecule has 6 heteroatoms. The van der Waals surface area contributed by atoms with Gasteiger partial charge in [0.25, 0.3) is 0 Å². The topological polar surface area (TPSA) is 84.2 Å². The van der Waals surface area contributed by atoms with Gasteiger partial charge in [0.1, 0.15) is 6.54 Å². The standard InChI is InChI=1S/C19H17N3O3/c23-16-9-12-5-1-2-6-13(12)19(16)21-18(25)11-22-15-8-4-3-7-14(15)17(24)10-20-22/h1-8,10,16,19,23H,9,11H2,(H,21,25). The zero-order chi connectivity index (χ0) is 17.4. The van der Waals surface area contributed by atoms with Crippen molar-refractivity contribution >= 4 is 16.8 Å². The first-order valence-corrected chi connectivity index (χ1v) is 8.13. The molecule has 1 aliphatic rings. The molecule has 1 aromatic heterocycles. The van der Waals surface area contributed by atoms with Crippen molar-refractivity contribution in [3.05, 3.63) is 76.1 Å². The molecule has 4 rings (SSSR count). The summed E-state index contributed by atoms with van der Waals surface area (Å²) in [6.45, 7) is -0.0216. The van der Waals surface area contributed by atoms with Crippen molar-refractivity contribution in [2.75, 3.05) is 0 Å². The number of aliphatic hydroxyl groups excluding tert-OH is 1. The average molecular weight is 335 g/mol. The number of carbonyl (C=O) groups excluding carboxylic acids is 1. The number of aromatic nitrogens is 2. The number of aliphatic hydroxyl groups is 1. The smallest absolute Gasteiger partial charge is 0.242 e. The Balaban J connectivity index is 1.58. The molecule has 0 radical (unpaired) electrons. The van der Waals surface area contributed by atoms with E-state index in [1.165, 1.54) is 10.9 Å². The molecule has 2 aromatic carbocycles. The Bertz CT molecular complexity index is 1010. The second-order valence-electron chi connectivity index (χ2n) is 6.20. The normalized spacial score (nSPS) is 18.9. The van der Waals surface area contributed by atoms with Gasteiger partial charge in [-0.15, -0.1) is 0 Å². The molecule has 126 valence electrons. The molecule has 1 heterocycles. The Hall–Kier alpha value is -2.99. The highest BCUT2D eigenvalue weighted by Crippen LogP contribution is 2.31. The largest absolute Gasteiger partial charge is 0.390 e. The highest BCUT2D eigenvalue weighted by molar-refractivity contribution is 5.81. The summed E-state index contributed by atoms with van der Waals surface area (Å²) < 4.78 is 1.50. The Kier molecular flexibility index (Phi) is 3.82. The van der Waals surface area contributed by atoms with E-state index in [1.807, 2.05) is 24.3 Å². The number of hydrogen-bond donors (Lipinski definition) is 2. The van der Waals surface area contributed by atoms with Crippen molar-refractivity contribution < 1.29 is 9.90 Å². The second kappa shape index (κ2) is 6.14. The van der Waals surface area contributed by atoms with E-state index in [-0.39, 0.29) is 17.9 Å². The zero-order valence-corrected chi connectivity index (χ0v) is 13.4. The van der Waals surface area contributed by atoms with Crippen molar-refractivity contribution in [2.45, 2.75) is 25.1 Å². The lowest BCUT2D eigenvalue weighted by Gasteiger charge is -2.18. The zero-order valence-electron chi connectivity index (χ0n) is 13.4. The third-order valence-electron chi connectivity index (χ3n) is 4.58. The molecule has 0 spiro atoms. The molecule has 2 atom stereocenters. The van der Waals surface area contributed by atoms with Gasteiger partial charge in [-0.05, 0) is 23.3 Å². The molecule has 1 amide bonds. The first kappa shape index (κ1) is 15.5. The van der Waals surface area contributed by atoms with Crippen molar-refractivity contribution in [1.82, 2.24) is 15.1 Å². The molecular formula is C19H17N3O3. The molecule has 0 aliphatic heterocycles. The number of nitrogens with zero attached hydrogens (tertiary/aromatic N) is 2. The first-order valence-electron chi connectivity index (χ1n) is 8.13. The molecule has 0 saturated carbocycles. The van der Waals surface area contributed by atoms with Crippen LogP contribution in [0, 0.1) is 0 Å². The Morgan fingerprint density at radius 2 is 1.96 bits per heavy atom. The number of carbonyl (C=O) groups is 1. The number of amides is 1. The van der Waals surface area contributed by atoms with Crippen LogP contribution in [-0.2, 0) is 17.8 Å². The summed E-state index contributed by atoms with van der Waals surface area (Å²) in [6, 6.07) is 14.3. The SMILES string of the molecule is O=C(Cn1ncc(=O)c2ccccc21)NC1c2ccccc2CC1O. The third-order valence-corrected chi connectivity index (χ3v) is 4.58. The lowest BCUT2D eigenvalue weighted by atomic mass is 10.1. The van der Waals surface area contributed by atoms with E-state index in [0.29, 0.717) is 17.3 Å². The van der Waals surface area contributed by atoms with Crippen molar-refractivity contribution in [1.29, 1.82) is 0 Å². The van der Waals surface area contributed by atoms with Crippen LogP contribution in [0.2, 0.25) is 0 Å². The van der Waals surface area contributed by atoms with Gasteiger partial charge in [-0.25, -0.2) is 0 Å². The molecular weight excluding hydrogens is 318 g/mol. The minimum absolute atomic E-state index is 0.0216. The highest BCUT2D eigenvalue weighted by Gasteiger charge is 2.31. The van der Waals surface area contributed by atoms with Gasteiger partial charge in [0.05, 0.1) is 23.9 Å². The van der Waals surface area contributed by atoms with Crippen LogP contribution in [-0.4, -0.2) is 26.9 Å². The van der Waals surface area contributed by atoms with Gasteiger partial charge in [-0.2, -0.15) is 5.10 Å². The average Bonchev–Trinajstić information content (AvgIpc) is 2.93. The number of fused-ring (bicyclic) bond motifs is 2. The summed E-state index contributed by atoms with van der Waals surface area (Å²) in [6.07, 6.45) is 1.11. The molecule has 0 fully saturated rings. The quantitative estimate of drug-likeness (QED) is 0.752. The fourth-order valence-corrected chi connectivity index (χ4v) is 3.39. The van der Waals surface area contributed by atoms with Gasteiger partial charge in [0, 0.05) is 11.8 Å².